The lowest BCUT2D eigenvalue weighted by Gasteiger charge is -2.27. The van der Waals surface area contributed by atoms with Crippen molar-refractivity contribution in [2.24, 2.45) is 0 Å². The molecule has 0 unspecified atom stereocenters. The Morgan fingerprint density at radius 3 is 2.72 bits per heavy atom. The summed E-state index contributed by atoms with van der Waals surface area (Å²) in [5, 5.41) is 4.42. The Hall–Kier alpha value is -3.98. The predicted octanol–water partition coefficient (Wildman–Crippen LogP) is 3.26. The molecule has 3 N–H and O–H groups in total. The van der Waals surface area contributed by atoms with Crippen molar-refractivity contribution < 1.29 is 9.47 Å². The van der Waals surface area contributed by atoms with Gasteiger partial charge in [0.25, 0.3) is 0 Å². The van der Waals surface area contributed by atoms with E-state index in [9.17, 15) is 0 Å². The van der Waals surface area contributed by atoms with E-state index in [0.717, 1.165) is 35.2 Å². The monoisotopic (exact) mass is 429 g/mol. The minimum atomic E-state index is 0.383. The third-order valence-corrected chi connectivity index (χ3v) is 5.25. The molecule has 1 aliphatic rings. The molecule has 162 valence electrons. The number of pyridine rings is 2. The minimum Gasteiger partial charge on any atom is -0.496 e. The Balaban J connectivity index is 1.57. The van der Waals surface area contributed by atoms with Crippen LogP contribution in [0.4, 0.5) is 23.3 Å². The number of benzene rings is 1. The van der Waals surface area contributed by atoms with Gasteiger partial charge in [-0.25, -0.2) is 9.97 Å². The lowest BCUT2D eigenvalue weighted by atomic mass is 10.1. The summed E-state index contributed by atoms with van der Waals surface area (Å²) in [4.78, 5) is 20.4. The SMILES string of the molecule is COc1cc(N)ncc1-c1cc(Nc2cnc3ccccc3c2)nc(N2CCOCC2)n1. The summed E-state index contributed by atoms with van der Waals surface area (Å²) in [6, 6.07) is 13.6. The van der Waals surface area contributed by atoms with Crippen LogP contribution in [0.15, 0.2) is 54.9 Å². The van der Waals surface area contributed by atoms with Crippen molar-refractivity contribution in [1.29, 1.82) is 0 Å². The Bertz CT molecular complexity index is 1260. The quantitative estimate of drug-likeness (QED) is 0.494. The van der Waals surface area contributed by atoms with Crippen LogP contribution in [0.5, 0.6) is 5.75 Å². The Labute approximate surface area is 185 Å². The van der Waals surface area contributed by atoms with Gasteiger partial charge in [-0.1, -0.05) is 18.2 Å². The Morgan fingerprint density at radius 2 is 1.88 bits per heavy atom. The van der Waals surface area contributed by atoms with Gasteiger partial charge in [-0.2, -0.15) is 4.98 Å². The summed E-state index contributed by atoms with van der Waals surface area (Å²) in [6.45, 7) is 2.71. The van der Waals surface area contributed by atoms with E-state index in [2.05, 4.69) is 20.2 Å². The van der Waals surface area contributed by atoms with E-state index < -0.39 is 0 Å². The van der Waals surface area contributed by atoms with Gasteiger partial charge in [-0.15, -0.1) is 0 Å². The molecule has 32 heavy (non-hydrogen) atoms. The molecule has 4 aromatic rings. The van der Waals surface area contributed by atoms with Crippen LogP contribution >= 0.6 is 0 Å². The number of anilines is 4. The molecule has 0 amide bonds. The molecule has 1 saturated heterocycles. The van der Waals surface area contributed by atoms with E-state index in [1.165, 1.54) is 0 Å². The molecule has 3 aromatic heterocycles. The smallest absolute Gasteiger partial charge is 0.228 e. The lowest BCUT2D eigenvalue weighted by Crippen LogP contribution is -2.37. The van der Waals surface area contributed by atoms with Crippen LogP contribution in [-0.2, 0) is 4.74 Å². The molecule has 9 heteroatoms. The topological polar surface area (TPSA) is 111 Å². The number of hydrogen-bond acceptors (Lipinski definition) is 9. The maximum atomic E-state index is 5.84. The molecule has 0 spiro atoms. The molecule has 0 atom stereocenters. The molecule has 1 fully saturated rings. The molecule has 4 heterocycles. The van der Waals surface area contributed by atoms with Gasteiger partial charge in [0.15, 0.2) is 0 Å². The third kappa shape index (κ3) is 4.10. The number of hydrogen-bond donors (Lipinski definition) is 2. The Morgan fingerprint density at radius 1 is 1.03 bits per heavy atom. The fourth-order valence-electron chi connectivity index (χ4n) is 3.64. The summed E-state index contributed by atoms with van der Waals surface area (Å²) < 4.78 is 11.0. The number of methoxy groups -OCH3 is 1. The van der Waals surface area contributed by atoms with Crippen molar-refractivity contribution >= 4 is 34.2 Å². The molecule has 0 saturated carbocycles. The molecule has 0 aliphatic carbocycles. The number of rotatable bonds is 5. The largest absolute Gasteiger partial charge is 0.496 e. The zero-order valence-electron chi connectivity index (χ0n) is 17.7. The Kier molecular flexibility index (Phi) is 5.39. The number of nitrogens with one attached hydrogen (secondary N) is 1. The molecule has 1 aliphatic heterocycles. The van der Waals surface area contributed by atoms with Crippen molar-refractivity contribution in [2.75, 3.05) is 49.4 Å². The van der Waals surface area contributed by atoms with Crippen LogP contribution < -0.4 is 20.7 Å². The van der Waals surface area contributed by atoms with Crippen LogP contribution in [-0.4, -0.2) is 53.3 Å². The van der Waals surface area contributed by atoms with Crippen LogP contribution in [0, 0.1) is 0 Å². The molecular formula is C23H23N7O2. The van der Waals surface area contributed by atoms with Gasteiger partial charge in [0.05, 0.1) is 49.0 Å². The first-order chi connectivity index (χ1) is 15.7. The maximum Gasteiger partial charge on any atom is 0.228 e. The number of para-hydroxylation sites is 1. The molecular weight excluding hydrogens is 406 g/mol. The highest BCUT2D eigenvalue weighted by Gasteiger charge is 2.18. The van der Waals surface area contributed by atoms with Crippen molar-refractivity contribution in [3.05, 3.63) is 54.9 Å². The van der Waals surface area contributed by atoms with Gasteiger partial charge in [-0.3, -0.25) is 4.98 Å². The van der Waals surface area contributed by atoms with Gasteiger partial charge in [0.2, 0.25) is 5.95 Å². The normalized spacial score (nSPS) is 13.8. The van der Waals surface area contributed by atoms with Crippen molar-refractivity contribution in [1.82, 2.24) is 19.9 Å². The molecule has 1 aromatic carbocycles. The molecule has 0 radical (unpaired) electrons. The second-order valence-electron chi connectivity index (χ2n) is 7.39. The van der Waals surface area contributed by atoms with Crippen molar-refractivity contribution in [3.63, 3.8) is 0 Å². The minimum absolute atomic E-state index is 0.383. The van der Waals surface area contributed by atoms with E-state index in [0.29, 0.717) is 42.2 Å². The molecule has 0 bridgehead atoms. The number of nitrogens with zero attached hydrogens (tertiary/aromatic N) is 5. The fraction of sp³-hybridized carbons (Fsp3) is 0.217. The van der Waals surface area contributed by atoms with Crippen LogP contribution in [0.1, 0.15) is 0 Å². The van der Waals surface area contributed by atoms with Crippen LogP contribution in [0.3, 0.4) is 0 Å². The lowest BCUT2D eigenvalue weighted by molar-refractivity contribution is 0.122. The first kappa shape index (κ1) is 20.0. The average Bonchev–Trinajstić information content (AvgIpc) is 2.84. The first-order valence-electron chi connectivity index (χ1n) is 10.3. The number of morpholine rings is 1. The maximum absolute atomic E-state index is 5.84. The standard InChI is InChI=1S/C23H23N7O2/c1-31-20-12-21(24)26-14-17(20)19-11-22(29-23(28-19)30-6-8-32-9-7-30)27-16-10-15-4-2-3-5-18(15)25-13-16/h2-5,10-14H,6-9H2,1H3,(H2,24,26)(H,27,28,29). The molecule has 9 nitrogen and oxygen atoms in total. The van der Waals surface area contributed by atoms with Crippen molar-refractivity contribution in [2.45, 2.75) is 0 Å². The number of ether oxygens (including phenoxy) is 2. The fourth-order valence-corrected chi connectivity index (χ4v) is 3.64. The third-order valence-electron chi connectivity index (χ3n) is 5.25. The number of nitrogen functional groups attached to an aromatic ring is 1. The number of aromatic nitrogens is 4. The second-order valence-corrected chi connectivity index (χ2v) is 7.39. The zero-order chi connectivity index (χ0) is 21.9. The van der Waals surface area contributed by atoms with Crippen LogP contribution in [0.2, 0.25) is 0 Å². The van der Waals surface area contributed by atoms with Gasteiger partial charge in [-0.05, 0) is 12.1 Å². The highest BCUT2D eigenvalue weighted by molar-refractivity contribution is 5.82. The van der Waals surface area contributed by atoms with E-state index in [-0.39, 0.29) is 0 Å². The van der Waals surface area contributed by atoms with Gasteiger partial charge < -0.3 is 25.4 Å². The van der Waals surface area contributed by atoms with Gasteiger partial charge >= 0.3 is 0 Å². The zero-order valence-corrected chi connectivity index (χ0v) is 17.7. The van der Waals surface area contributed by atoms with E-state index in [4.69, 9.17) is 25.2 Å². The van der Waals surface area contributed by atoms with E-state index in [1.54, 1.807) is 25.6 Å². The van der Waals surface area contributed by atoms with E-state index in [1.807, 2.05) is 36.4 Å². The molecule has 5 rings (SSSR count). The van der Waals surface area contributed by atoms with Crippen molar-refractivity contribution in [3.8, 4) is 17.0 Å². The van der Waals surface area contributed by atoms with Gasteiger partial charge in [0, 0.05) is 36.8 Å². The number of nitrogens with two attached hydrogens (primary N) is 1. The summed E-state index contributed by atoms with van der Waals surface area (Å²) in [5.74, 6) is 2.24. The average molecular weight is 429 g/mol. The summed E-state index contributed by atoms with van der Waals surface area (Å²) in [6.07, 6.45) is 3.46. The highest BCUT2D eigenvalue weighted by atomic mass is 16.5. The summed E-state index contributed by atoms with van der Waals surface area (Å²) >= 11 is 0. The first-order valence-corrected chi connectivity index (χ1v) is 10.3. The predicted molar refractivity (Wildman–Crippen MR) is 124 cm³/mol. The summed E-state index contributed by atoms with van der Waals surface area (Å²) in [7, 11) is 1.60. The van der Waals surface area contributed by atoms with Gasteiger partial charge in [0.1, 0.15) is 17.4 Å². The summed E-state index contributed by atoms with van der Waals surface area (Å²) in [5.41, 5.74) is 9.03. The van der Waals surface area contributed by atoms with Crippen LogP contribution in [0.25, 0.3) is 22.2 Å². The second kappa shape index (κ2) is 8.64. The number of fused-ring (bicyclic) bond motifs is 1. The highest BCUT2D eigenvalue weighted by Crippen LogP contribution is 2.32. The van der Waals surface area contributed by atoms with E-state index >= 15 is 0 Å².